The monoisotopic (exact) mass is 353 g/mol. The molecule has 2 aromatic rings. The van der Waals surface area contributed by atoms with Gasteiger partial charge in [0.15, 0.2) is 0 Å². The highest BCUT2D eigenvalue weighted by Crippen LogP contribution is 2.31. The van der Waals surface area contributed by atoms with Crippen molar-refractivity contribution in [2.24, 2.45) is 0 Å². The van der Waals surface area contributed by atoms with Crippen LogP contribution in [0.3, 0.4) is 0 Å². The van der Waals surface area contributed by atoms with Crippen molar-refractivity contribution in [2.75, 3.05) is 12.4 Å². The van der Waals surface area contributed by atoms with Gasteiger partial charge in [-0.25, -0.2) is 0 Å². The second-order valence-electron chi connectivity index (χ2n) is 4.66. The Hall–Kier alpha value is -1.19. The van der Waals surface area contributed by atoms with Crippen LogP contribution in [-0.2, 0) is 6.42 Å². The molecule has 0 fully saturated rings. The van der Waals surface area contributed by atoms with Crippen molar-refractivity contribution in [3.63, 3.8) is 0 Å². The third-order valence-electron chi connectivity index (χ3n) is 3.07. The predicted octanol–water partition coefficient (Wildman–Crippen LogP) is 5.15. The lowest BCUT2D eigenvalue weighted by atomic mass is 10.1. The molecule has 0 radical (unpaired) electrons. The van der Waals surface area contributed by atoms with Gasteiger partial charge in [0.05, 0.1) is 22.3 Å². The van der Waals surface area contributed by atoms with Gasteiger partial charge in [0.1, 0.15) is 5.75 Å². The van der Waals surface area contributed by atoms with E-state index in [4.69, 9.17) is 16.3 Å². The van der Waals surface area contributed by atoms with E-state index in [1.807, 2.05) is 36.4 Å². The maximum Gasteiger partial charge on any atom is 0.122 e. The number of hydrogen-bond donors (Lipinski definition) is 1. The van der Waals surface area contributed by atoms with Gasteiger partial charge < -0.3 is 10.1 Å². The number of methoxy groups -OCH3 is 1. The van der Waals surface area contributed by atoms with Crippen molar-refractivity contribution in [2.45, 2.75) is 19.4 Å². The van der Waals surface area contributed by atoms with Crippen LogP contribution < -0.4 is 10.1 Å². The molecule has 0 spiro atoms. The number of benzene rings is 2. The van der Waals surface area contributed by atoms with Crippen LogP contribution in [0, 0.1) is 0 Å². The normalized spacial score (nSPS) is 12.0. The second kappa shape index (κ2) is 7.00. The van der Waals surface area contributed by atoms with E-state index in [0.29, 0.717) is 5.02 Å². The average Bonchev–Trinajstić information content (AvgIpc) is 2.44. The highest BCUT2D eigenvalue weighted by molar-refractivity contribution is 9.10. The van der Waals surface area contributed by atoms with Gasteiger partial charge >= 0.3 is 0 Å². The minimum Gasteiger partial charge on any atom is -0.496 e. The first-order valence-electron chi connectivity index (χ1n) is 6.44. The lowest BCUT2D eigenvalue weighted by molar-refractivity contribution is 0.409. The van der Waals surface area contributed by atoms with Crippen LogP contribution in [0.1, 0.15) is 12.5 Å². The van der Waals surface area contributed by atoms with Crippen LogP contribution in [0.4, 0.5) is 5.69 Å². The molecule has 0 amide bonds. The topological polar surface area (TPSA) is 21.3 Å². The van der Waals surface area contributed by atoms with E-state index < -0.39 is 0 Å². The van der Waals surface area contributed by atoms with Crippen molar-refractivity contribution in [3.8, 4) is 5.75 Å². The van der Waals surface area contributed by atoms with E-state index in [-0.39, 0.29) is 6.04 Å². The first kappa shape index (κ1) is 15.2. The first-order valence-corrected chi connectivity index (χ1v) is 7.61. The molecule has 0 aliphatic carbocycles. The molecule has 1 atom stereocenters. The van der Waals surface area contributed by atoms with Crippen LogP contribution in [0.25, 0.3) is 0 Å². The molecule has 2 nitrogen and oxygen atoms in total. The Morgan fingerprint density at radius 2 is 1.95 bits per heavy atom. The van der Waals surface area contributed by atoms with Gasteiger partial charge in [-0.15, -0.1) is 0 Å². The van der Waals surface area contributed by atoms with E-state index in [1.165, 1.54) is 5.56 Å². The maximum absolute atomic E-state index is 6.10. The average molecular weight is 355 g/mol. The predicted molar refractivity (Wildman–Crippen MR) is 88.9 cm³/mol. The Morgan fingerprint density at radius 1 is 1.20 bits per heavy atom. The lowest BCUT2D eigenvalue weighted by Crippen LogP contribution is -2.18. The number of para-hydroxylation sites is 1. The van der Waals surface area contributed by atoms with Gasteiger partial charge in [-0.1, -0.05) is 35.9 Å². The highest BCUT2D eigenvalue weighted by atomic mass is 79.9. The van der Waals surface area contributed by atoms with Crippen LogP contribution in [-0.4, -0.2) is 13.2 Å². The highest BCUT2D eigenvalue weighted by Gasteiger charge is 2.10. The quantitative estimate of drug-likeness (QED) is 0.801. The number of anilines is 1. The Balaban J connectivity index is 2.09. The summed E-state index contributed by atoms with van der Waals surface area (Å²) in [5, 5.41) is 4.17. The smallest absolute Gasteiger partial charge is 0.122 e. The SMILES string of the molecule is COc1ccccc1CC(C)Nc1cccc(Cl)c1Br. The lowest BCUT2D eigenvalue weighted by Gasteiger charge is -2.18. The van der Waals surface area contributed by atoms with E-state index >= 15 is 0 Å². The number of ether oxygens (including phenoxy) is 1. The summed E-state index contributed by atoms with van der Waals surface area (Å²) in [6.45, 7) is 2.14. The number of rotatable bonds is 5. The summed E-state index contributed by atoms with van der Waals surface area (Å²) < 4.78 is 6.28. The van der Waals surface area contributed by atoms with Gasteiger partial charge in [-0.2, -0.15) is 0 Å². The molecule has 0 aromatic heterocycles. The molecule has 0 saturated heterocycles. The van der Waals surface area contributed by atoms with Crippen molar-refractivity contribution in [1.29, 1.82) is 0 Å². The van der Waals surface area contributed by atoms with E-state index in [1.54, 1.807) is 7.11 Å². The van der Waals surface area contributed by atoms with E-state index in [2.05, 4.69) is 34.2 Å². The zero-order chi connectivity index (χ0) is 14.5. The number of nitrogens with one attached hydrogen (secondary N) is 1. The van der Waals surface area contributed by atoms with Gasteiger partial charge in [0, 0.05) is 6.04 Å². The van der Waals surface area contributed by atoms with Gasteiger partial charge in [-0.3, -0.25) is 0 Å². The molecule has 2 rings (SSSR count). The molecular formula is C16H17BrClNO. The molecule has 1 unspecified atom stereocenters. The fourth-order valence-electron chi connectivity index (χ4n) is 2.13. The number of hydrogen-bond acceptors (Lipinski definition) is 2. The van der Waals surface area contributed by atoms with Crippen molar-refractivity contribution >= 4 is 33.2 Å². The molecular weight excluding hydrogens is 338 g/mol. The molecule has 20 heavy (non-hydrogen) atoms. The minimum absolute atomic E-state index is 0.265. The summed E-state index contributed by atoms with van der Waals surface area (Å²) >= 11 is 9.60. The molecule has 4 heteroatoms. The Kier molecular flexibility index (Phi) is 5.32. The fraction of sp³-hybridized carbons (Fsp3) is 0.250. The fourth-order valence-corrected chi connectivity index (χ4v) is 2.69. The Bertz CT molecular complexity index is 588. The summed E-state index contributed by atoms with van der Waals surface area (Å²) in [6.07, 6.45) is 0.878. The summed E-state index contributed by atoms with van der Waals surface area (Å²) in [7, 11) is 1.70. The molecule has 0 saturated carbocycles. The summed E-state index contributed by atoms with van der Waals surface area (Å²) in [5.74, 6) is 0.923. The standard InChI is InChI=1S/C16H17BrClNO/c1-11(10-12-6-3-4-9-15(12)20-2)19-14-8-5-7-13(18)16(14)17/h3-9,11,19H,10H2,1-2H3. The Morgan fingerprint density at radius 3 is 2.70 bits per heavy atom. The summed E-state index contributed by atoms with van der Waals surface area (Å²) in [6, 6.07) is 14.2. The minimum atomic E-state index is 0.265. The van der Waals surface area contributed by atoms with Gasteiger partial charge in [0.2, 0.25) is 0 Å². The van der Waals surface area contributed by atoms with Crippen molar-refractivity contribution < 1.29 is 4.74 Å². The zero-order valence-corrected chi connectivity index (χ0v) is 13.8. The third-order valence-corrected chi connectivity index (χ3v) is 4.47. The zero-order valence-electron chi connectivity index (χ0n) is 11.5. The van der Waals surface area contributed by atoms with Gasteiger partial charge in [0.25, 0.3) is 0 Å². The largest absolute Gasteiger partial charge is 0.496 e. The maximum atomic E-state index is 6.10. The van der Waals surface area contributed by atoms with Crippen LogP contribution in [0.2, 0.25) is 5.02 Å². The summed E-state index contributed by atoms with van der Waals surface area (Å²) in [4.78, 5) is 0. The Labute approximate surface area is 133 Å². The van der Waals surface area contributed by atoms with Crippen LogP contribution in [0.15, 0.2) is 46.9 Å². The third kappa shape index (κ3) is 3.68. The molecule has 0 aliphatic rings. The van der Waals surface area contributed by atoms with Crippen molar-refractivity contribution in [3.05, 3.63) is 57.5 Å². The number of halogens is 2. The molecule has 106 valence electrons. The van der Waals surface area contributed by atoms with E-state index in [0.717, 1.165) is 22.3 Å². The second-order valence-corrected chi connectivity index (χ2v) is 5.86. The molecule has 0 aliphatic heterocycles. The van der Waals surface area contributed by atoms with Crippen molar-refractivity contribution in [1.82, 2.24) is 0 Å². The molecule has 0 bridgehead atoms. The molecule has 0 heterocycles. The first-order chi connectivity index (χ1) is 9.61. The van der Waals surface area contributed by atoms with Crippen LogP contribution in [0.5, 0.6) is 5.75 Å². The van der Waals surface area contributed by atoms with Crippen LogP contribution >= 0.6 is 27.5 Å². The summed E-state index contributed by atoms with van der Waals surface area (Å²) in [5.41, 5.74) is 2.19. The molecule has 2 aromatic carbocycles. The molecule has 1 N–H and O–H groups in total. The van der Waals surface area contributed by atoms with Gasteiger partial charge in [-0.05, 0) is 53.0 Å². The van der Waals surface area contributed by atoms with E-state index in [9.17, 15) is 0 Å².